The summed E-state index contributed by atoms with van der Waals surface area (Å²) in [5.41, 5.74) is 0.724. The summed E-state index contributed by atoms with van der Waals surface area (Å²) in [6, 6.07) is 7.52. The maximum atomic E-state index is 12.1. The Balaban J connectivity index is 2.00. The standard InChI is InChI=1S/C15H19BrN4OS/c1-15(2,3)13-18-19-14(22-13)20(4)9-12(21)17-11-8-6-5-7-10(11)16/h5-8H,9H2,1-4H3,(H,17,21). The Morgan fingerprint density at radius 2 is 2.00 bits per heavy atom. The van der Waals surface area contributed by atoms with Crippen molar-refractivity contribution in [2.75, 3.05) is 23.8 Å². The van der Waals surface area contributed by atoms with Crippen molar-refractivity contribution in [3.63, 3.8) is 0 Å². The van der Waals surface area contributed by atoms with E-state index in [4.69, 9.17) is 0 Å². The molecule has 2 rings (SSSR count). The predicted molar refractivity (Wildman–Crippen MR) is 94.7 cm³/mol. The topological polar surface area (TPSA) is 58.1 Å². The van der Waals surface area contributed by atoms with Crippen molar-refractivity contribution in [1.82, 2.24) is 10.2 Å². The normalized spacial score (nSPS) is 11.3. The highest BCUT2D eigenvalue weighted by Crippen LogP contribution is 2.29. The molecule has 1 amide bonds. The molecule has 0 radical (unpaired) electrons. The van der Waals surface area contributed by atoms with E-state index < -0.39 is 0 Å². The molecular formula is C15H19BrN4OS. The molecule has 0 spiro atoms. The summed E-state index contributed by atoms with van der Waals surface area (Å²) in [6.45, 7) is 6.50. The minimum Gasteiger partial charge on any atom is -0.340 e. The first-order chi connectivity index (χ1) is 10.3. The van der Waals surface area contributed by atoms with Crippen LogP contribution >= 0.6 is 27.3 Å². The molecule has 118 valence electrons. The Kier molecular flexibility index (Phi) is 5.18. The van der Waals surface area contributed by atoms with Crippen LogP contribution in [0.2, 0.25) is 0 Å². The van der Waals surface area contributed by atoms with Gasteiger partial charge in [0.1, 0.15) is 5.01 Å². The zero-order valence-corrected chi connectivity index (χ0v) is 15.5. The van der Waals surface area contributed by atoms with Gasteiger partial charge in [0.25, 0.3) is 0 Å². The highest BCUT2D eigenvalue weighted by Gasteiger charge is 2.21. The second-order valence-electron chi connectivity index (χ2n) is 6.02. The zero-order chi connectivity index (χ0) is 16.3. The number of anilines is 2. The molecule has 0 saturated heterocycles. The third kappa shape index (κ3) is 4.27. The fourth-order valence-corrected chi connectivity index (χ4v) is 2.95. The molecule has 1 N–H and O–H groups in total. The van der Waals surface area contributed by atoms with Crippen molar-refractivity contribution < 1.29 is 4.79 Å². The van der Waals surface area contributed by atoms with Crippen molar-refractivity contribution >= 4 is 44.0 Å². The van der Waals surface area contributed by atoms with Crippen LogP contribution < -0.4 is 10.2 Å². The van der Waals surface area contributed by atoms with E-state index in [1.54, 1.807) is 4.90 Å². The fraction of sp³-hybridized carbons (Fsp3) is 0.400. The van der Waals surface area contributed by atoms with Crippen LogP contribution in [-0.2, 0) is 10.2 Å². The lowest BCUT2D eigenvalue weighted by Crippen LogP contribution is -2.30. The summed E-state index contributed by atoms with van der Waals surface area (Å²) in [4.78, 5) is 13.9. The summed E-state index contributed by atoms with van der Waals surface area (Å²) >= 11 is 4.93. The Bertz CT molecular complexity index is 666. The quantitative estimate of drug-likeness (QED) is 0.875. The molecule has 0 fully saturated rings. The number of carbonyl (C=O) groups is 1. The molecule has 0 aliphatic carbocycles. The maximum absolute atomic E-state index is 12.1. The third-order valence-corrected chi connectivity index (χ3v) is 5.07. The molecule has 2 aromatic rings. The number of amides is 1. The van der Waals surface area contributed by atoms with Gasteiger partial charge < -0.3 is 10.2 Å². The van der Waals surface area contributed by atoms with E-state index >= 15 is 0 Å². The number of hydrogen-bond acceptors (Lipinski definition) is 5. The summed E-state index contributed by atoms with van der Waals surface area (Å²) < 4.78 is 0.858. The number of carbonyl (C=O) groups excluding carboxylic acids is 1. The average molecular weight is 383 g/mol. The first kappa shape index (κ1) is 16.9. The van der Waals surface area contributed by atoms with Crippen LogP contribution in [0.1, 0.15) is 25.8 Å². The van der Waals surface area contributed by atoms with Gasteiger partial charge in [0, 0.05) is 16.9 Å². The van der Waals surface area contributed by atoms with Crippen molar-refractivity contribution in [1.29, 1.82) is 0 Å². The van der Waals surface area contributed by atoms with Crippen molar-refractivity contribution in [2.45, 2.75) is 26.2 Å². The number of halogens is 1. The lowest BCUT2D eigenvalue weighted by Gasteiger charge is -2.16. The highest BCUT2D eigenvalue weighted by molar-refractivity contribution is 9.10. The van der Waals surface area contributed by atoms with Crippen molar-refractivity contribution in [3.05, 3.63) is 33.7 Å². The number of nitrogens with one attached hydrogen (secondary N) is 1. The molecule has 0 atom stereocenters. The second kappa shape index (κ2) is 6.75. The number of benzene rings is 1. The van der Waals surface area contributed by atoms with Crippen molar-refractivity contribution in [3.8, 4) is 0 Å². The number of rotatable bonds is 4. The van der Waals surface area contributed by atoms with E-state index in [9.17, 15) is 4.79 Å². The van der Waals surface area contributed by atoms with Crippen LogP contribution in [0.5, 0.6) is 0 Å². The Labute approximate surface area is 142 Å². The molecule has 22 heavy (non-hydrogen) atoms. The van der Waals surface area contributed by atoms with Gasteiger partial charge in [0.15, 0.2) is 0 Å². The molecule has 0 saturated carbocycles. The third-order valence-electron chi connectivity index (χ3n) is 2.91. The van der Waals surface area contributed by atoms with Crippen LogP contribution in [0.25, 0.3) is 0 Å². The number of hydrogen-bond donors (Lipinski definition) is 1. The minimum atomic E-state index is -0.0955. The van der Waals surface area contributed by atoms with E-state index in [2.05, 4.69) is 52.2 Å². The average Bonchev–Trinajstić information content (AvgIpc) is 2.91. The summed E-state index contributed by atoms with van der Waals surface area (Å²) in [6.07, 6.45) is 0. The molecule has 0 aliphatic heterocycles. The molecule has 5 nitrogen and oxygen atoms in total. The van der Waals surface area contributed by atoms with Crippen LogP contribution in [0.15, 0.2) is 28.7 Å². The van der Waals surface area contributed by atoms with Gasteiger partial charge in [-0.3, -0.25) is 4.79 Å². The lowest BCUT2D eigenvalue weighted by molar-refractivity contribution is -0.114. The first-order valence-electron chi connectivity index (χ1n) is 6.87. The van der Waals surface area contributed by atoms with E-state index in [1.165, 1.54) is 11.3 Å². The summed E-state index contributed by atoms with van der Waals surface area (Å²) in [5.74, 6) is -0.0955. The van der Waals surface area contributed by atoms with Gasteiger partial charge in [0.05, 0.1) is 12.2 Å². The van der Waals surface area contributed by atoms with Gasteiger partial charge in [0.2, 0.25) is 11.0 Å². The van der Waals surface area contributed by atoms with Gasteiger partial charge in [-0.25, -0.2) is 0 Å². The Morgan fingerprint density at radius 1 is 1.32 bits per heavy atom. The first-order valence-corrected chi connectivity index (χ1v) is 8.48. The highest BCUT2D eigenvalue weighted by atomic mass is 79.9. The van der Waals surface area contributed by atoms with E-state index in [0.717, 1.165) is 20.3 Å². The van der Waals surface area contributed by atoms with E-state index in [-0.39, 0.29) is 17.9 Å². The molecule has 0 unspecified atom stereocenters. The predicted octanol–water partition coefficient (Wildman–Crippen LogP) is 3.67. The smallest absolute Gasteiger partial charge is 0.243 e. The molecule has 0 bridgehead atoms. The molecule has 1 heterocycles. The largest absolute Gasteiger partial charge is 0.340 e. The van der Waals surface area contributed by atoms with Gasteiger partial charge in [-0.15, -0.1) is 10.2 Å². The van der Waals surface area contributed by atoms with Crippen LogP contribution in [0.3, 0.4) is 0 Å². The number of aromatic nitrogens is 2. The van der Waals surface area contributed by atoms with Gasteiger partial charge >= 0.3 is 0 Å². The molecule has 7 heteroatoms. The number of para-hydroxylation sites is 1. The lowest BCUT2D eigenvalue weighted by atomic mass is 9.98. The minimum absolute atomic E-state index is 0.0338. The van der Waals surface area contributed by atoms with Crippen LogP contribution in [-0.4, -0.2) is 29.7 Å². The summed E-state index contributed by atoms with van der Waals surface area (Å²) in [5, 5.41) is 12.9. The number of likely N-dealkylation sites (N-methyl/N-ethyl adjacent to an activating group) is 1. The number of nitrogens with zero attached hydrogens (tertiary/aromatic N) is 3. The van der Waals surface area contributed by atoms with Gasteiger partial charge in [-0.1, -0.05) is 44.2 Å². The maximum Gasteiger partial charge on any atom is 0.243 e. The van der Waals surface area contributed by atoms with E-state index in [0.29, 0.717) is 0 Å². The van der Waals surface area contributed by atoms with Crippen LogP contribution in [0.4, 0.5) is 10.8 Å². The fourth-order valence-electron chi connectivity index (χ4n) is 1.71. The Morgan fingerprint density at radius 3 is 2.59 bits per heavy atom. The monoisotopic (exact) mass is 382 g/mol. The molecule has 1 aromatic heterocycles. The van der Waals surface area contributed by atoms with Gasteiger partial charge in [-0.2, -0.15) is 0 Å². The van der Waals surface area contributed by atoms with Crippen molar-refractivity contribution in [2.24, 2.45) is 0 Å². The zero-order valence-electron chi connectivity index (χ0n) is 13.1. The molecule has 1 aromatic carbocycles. The van der Waals surface area contributed by atoms with Crippen LogP contribution in [0, 0.1) is 0 Å². The summed E-state index contributed by atoms with van der Waals surface area (Å²) in [7, 11) is 1.84. The molecule has 0 aliphatic rings. The second-order valence-corrected chi connectivity index (χ2v) is 7.83. The van der Waals surface area contributed by atoms with Gasteiger partial charge in [-0.05, 0) is 28.1 Å². The Hall–Kier alpha value is -1.47. The SMILES string of the molecule is CN(CC(=O)Nc1ccccc1Br)c1nnc(C(C)(C)C)s1. The van der Waals surface area contributed by atoms with E-state index in [1.807, 2.05) is 31.3 Å². The molecular weight excluding hydrogens is 364 g/mol.